The molecule has 0 aliphatic carbocycles. The first-order valence-electron chi connectivity index (χ1n) is 9.86. The summed E-state index contributed by atoms with van der Waals surface area (Å²) in [4.78, 5) is 22.0. The van der Waals surface area contributed by atoms with Crippen molar-refractivity contribution in [1.82, 2.24) is 14.9 Å². The number of anilines is 1. The summed E-state index contributed by atoms with van der Waals surface area (Å²) >= 11 is 12.2. The first-order valence-corrected chi connectivity index (χ1v) is 10.6. The predicted molar refractivity (Wildman–Crippen MR) is 122 cm³/mol. The van der Waals surface area contributed by atoms with Crippen molar-refractivity contribution in [2.45, 2.75) is 18.9 Å². The third-order valence-corrected chi connectivity index (χ3v) is 6.15. The summed E-state index contributed by atoms with van der Waals surface area (Å²) in [6, 6.07) is 6.78. The van der Waals surface area contributed by atoms with Crippen LogP contribution in [0.5, 0.6) is 11.5 Å². The van der Waals surface area contributed by atoms with Gasteiger partial charge in [-0.25, -0.2) is 14.4 Å². The molecule has 0 atom stereocenters. The van der Waals surface area contributed by atoms with E-state index in [4.69, 9.17) is 32.7 Å². The van der Waals surface area contributed by atoms with Crippen molar-refractivity contribution in [1.29, 1.82) is 0 Å². The molecule has 1 aromatic heterocycles. The van der Waals surface area contributed by atoms with Crippen LogP contribution in [-0.2, 0) is 0 Å². The molecule has 0 radical (unpaired) electrons. The quantitative estimate of drug-likeness (QED) is 0.614. The van der Waals surface area contributed by atoms with Crippen LogP contribution in [0.1, 0.15) is 12.8 Å². The van der Waals surface area contributed by atoms with Gasteiger partial charge in [0, 0.05) is 6.07 Å². The van der Waals surface area contributed by atoms with Crippen LogP contribution >= 0.6 is 23.2 Å². The monoisotopic (exact) mass is 459 g/mol. The number of methoxy groups -OCH3 is 1. The minimum absolute atomic E-state index is 0.00588. The molecule has 3 heterocycles. The van der Waals surface area contributed by atoms with Gasteiger partial charge in [0.25, 0.3) is 0 Å². The van der Waals surface area contributed by atoms with E-state index in [9.17, 15) is 4.79 Å². The molecular weight excluding hydrogens is 441 g/mol. The van der Waals surface area contributed by atoms with Crippen LogP contribution in [-0.4, -0.2) is 42.2 Å². The van der Waals surface area contributed by atoms with Gasteiger partial charge in [-0.15, -0.1) is 0 Å². The second-order valence-electron chi connectivity index (χ2n) is 7.30. The van der Waals surface area contributed by atoms with E-state index < -0.39 is 5.69 Å². The number of ether oxygens (including phenoxy) is 2. The van der Waals surface area contributed by atoms with Crippen LogP contribution in [0, 0.1) is 0 Å². The Hall–Kier alpha value is -2.81. The number of nitrogens with one attached hydrogen (secondary N) is 2. The molecule has 8 nitrogen and oxygen atoms in total. The van der Waals surface area contributed by atoms with Crippen LogP contribution < -0.4 is 25.8 Å². The molecule has 3 aromatic rings. The molecule has 31 heavy (non-hydrogen) atoms. The number of aromatic nitrogens is 2. The average Bonchev–Trinajstić information content (AvgIpc) is 2.78. The van der Waals surface area contributed by atoms with Crippen molar-refractivity contribution in [2.24, 2.45) is 4.99 Å². The van der Waals surface area contributed by atoms with E-state index in [1.807, 2.05) is 6.07 Å². The highest BCUT2D eigenvalue weighted by Gasteiger charge is 2.26. The van der Waals surface area contributed by atoms with Gasteiger partial charge in [0.15, 0.2) is 17.3 Å². The standard InChI is InChI=1S/C21H19Cl2N5O3/c1-30-16-9-15-17-18(19(16)31-12-4-6-24-7-5-12)27-21(29)28(20(17)26-10-25-15)11-2-3-13(22)14(23)8-11/h2-3,8-10,12,24H,4-7H2,1H3,(H,25,26). The molecule has 0 saturated carbocycles. The van der Waals surface area contributed by atoms with Crippen molar-refractivity contribution < 1.29 is 9.47 Å². The molecule has 0 amide bonds. The van der Waals surface area contributed by atoms with Gasteiger partial charge < -0.3 is 20.1 Å². The lowest BCUT2D eigenvalue weighted by molar-refractivity contribution is 0.158. The lowest BCUT2D eigenvalue weighted by Crippen LogP contribution is -2.34. The summed E-state index contributed by atoms with van der Waals surface area (Å²) in [5.41, 5.74) is 1.14. The first-order chi connectivity index (χ1) is 15.1. The molecule has 2 aromatic carbocycles. The minimum atomic E-state index is -0.505. The molecule has 1 saturated heterocycles. The summed E-state index contributed by atoms with van der Waals surface area (Å²) in [5.74, 6) is 1.39. The van der Waals surface area contributed by atoms with Crippen molar-refractivity contribution in [2.75, 3.05) is 25.5 Å². The van der Waals surface area contributed by atoms with Gasteiger partial charge in [0.1, 0.15) is 11.6 Å². The first kappa shape index (κ1) is 20.1. The van der Waals surface area contributed by atoms with E-state index in [0.29, 0.717) is 44.0 Å². The topological polar surface area (TPSA) is 89.8 Å². The zero-order chi connectivity index (χ0) is 21.5. The number of piperidine rings is 1. The number of rotatable bonds is 4. The highest BCUT2D eigenvalue weighted by atomic mass is 35.5. The van der Waals surface area contributed by atoms with E-state index in [-0.39, 0.29) is 6.10 Å². The maximum atomic E-state index is 13.2. The number of nitrogens with zero attached hydrogens (tertiary/aromatic N) is 3. The SMILES string of the molecule is COc1cc2c3c(n(-c4ccc(Cl)c(Cl)c4)c(=O)nc3c1OC1CCNCC1)N=CN2. The maximum absolute atomic E-state index is 13.2. The minimum Gasteiger partial charge on any atom is -0.493 e. The summed E-state index contributed by atoms with van der Waals surface area (Å²) < 4.78 is 13.3. The fourth-order valence-corrected chi connectivity index (χ4v) is 4.20. The number of aliphatic imine (C=N–C) groups is 1. The molecule has 2 N–H and O–H groups in total. The zero-order valence-corrected chi connectivity index (χ0v) is 18.1. The van der Waals surface area contributed by atoms with Crippen molar-refractivity contribution >= 4 is 51.9 Å². The molecule has 1 fully saturated rings. The Balaban J connectivity index is 1.76. The van der Waals surface area contributed by atoms with Crippen LogP contribution in [0.15, 0.2) is 34.1 Å². The smallest absolute Gasteiger partial charge is 0.354 e. The summed E-state index contributed by atoms with van der Waals surface area (Å²) in [5, 5.41) is 7.82. The molecule has 10 heteroatoms. The van der Waals surface area contributed by atoms with Crippen LogP contribution in [0.2, 0.25) is 10.0 Å². The van der Waals surface area contributed by atoms with Gasteiger partial charge in [0.2, 0.25) is 0 Å². The summed E-state index contributed by atoms with van der Waals surface area (Å²) in [6.45, 7) is 1.75. The number of hydrogen-bond donors (Lipinski definition) is 2. The summed E-state index contributed by atoms with van der Waals surface area (Å²) in [7, 11) is 1.57. The largest absolute Gasteiger partial charge is 0.493 e. The lowest BCUT2D eigenvalue weighted by Gasteiger charge is -2.26. The molecule has 0 bridgehead atoms. The van der Waals surface area contributed by atoms with Gasteiger partial charge in [-0.2, -0.15) is 4.98 Å². The van der Waals surface area contributed by atoms with Crippen LogP contribution in [0.25, 0.3) is 16.6 Å². The molecule has 0 spiro atoms. The van der Waals surface area contributed by atoms with Crippen LogP contribution in [0.3, 0.4) is 0 Å². The van der Waals surface area contributed by atoms with E-state index in [1.165, 1.54) is 10.9 Å². The highest BCUT2D eigenvalue weighted by Crippen LogP contribution is 2.45. The van der Waals surface area contributed by atoms with Gasteiger partial charge >= 0.3 is 5.69 Å². The lowest BCUT2D eigenvalue weighted by atomic mass is 10.1. The van der Waals surface area contributed by atoms with E-state index in [2.05, 4.69) is 20.6 Å². The van der Waals surface area contributed by atoms with Crippen LogP contribution in [0.4, 0.5) is 11.5 Å². The Labute approximate surface area is 187 Å². The predicted octanol–water partition coefficient (Wildman–Crippen LogP) is 3.92. The number of halogens is 2. The maximum Gasteiger partial charge on any atom is 0.354 e. The molecule has 160 valence electrons. The third kappa shape index (κ3) is 3.50. The molecular formula is C21H19Cl2N5O3. The number of benzene rings is 2. The Bertz CT molecular complexity index is 1270. The van der Waals surface area contributed by atoms with Gasteiger partial charge in [-0.1, -0.05) is 23.2 Å². The van der Waals surface area contributed by atoms with E-state index in [0.717, 1.165) is 31.6 Å². The second-order valence-corrected chi connectivity index (χ2v) is 8.12. The van der Waals surface area contributed by atoms with E-state index >= 15 is 0 Å². The van der Waals surface area contributed by atoms with Gasteiger partial charge in [-0.3, -0.25) is 0 Å². The van der Waals surface area contributed by atoms with Gasteiger partial charge in [-0.05, 0) is 44.1 Å². The summed E-state index contributed by atoms with van der Waals surface area (Å²) in [6.07, 6.45) is 3.25. The fourth-order valence-electron chi connectivity index (χ4n) is 3.91. The van der Waals surface area contributed by atoms with Crippen molar-refractivity contribution in [3.63, 3.8) is 0 Å². The van der Waals surface area contributed by atoms with E-state index in [1.54, 1.807) is 25.3 Å². The normalized spacial score (nSPS) is 15.7. The van der Waals surface area contributed by atoms with Gasteiger partial charge in [0.05, 0.1) is 40.3 Å². The van der Waals surface area contributed by atoms with Crippen molar-refractivity contribution in [3.8, 4) is 17.2 Å². The molecule has 2 aliphatic rings. The average molecular weight is 460 g/mol. The molecule has 2 aliphatic heterocycles. The molecule has 0 unspecified atom stereocenters. The Morgan fingerprint density at radius 1 is 1.16 bits per heavy atom. The second kappa shape index (κ2) is 8.03. The Morgan fingerprint density at radius 2 is 1.97 bits per heavy atom. The highest BCUT2D eigenvalue weighted by molar-refractivity contribution is 6.42. The Morgan fingerprint density at radius 3 is 2.71 bits per heavy atom. The third-order valence-electron chi connectivity index (χ3n) is 5.41. The fraction of sp³-hybridized carbons (Fsp3) is 0.286. The van der Waals surface area contributed by atoms with Crippen molar-refractivity contribution in [3.05, 3.63) is 44.8 Å². The zero-order valence-electron chi connectivity index (χ0n) is 16.6. The number of hydrogen-bond acceptors (Lipinski definition) is 7. The Kier molecular flexibility index (Phi) is 5.21. The molecule has 5 rings (SSSR count).